The maximum atomic E-state index is 12.0. The maximum Gasteiger partial charge on any atom is 0.223 e. The smallest absolute Gasteiger partial charge is 0.223 e. The van der Waals surface area contributed by atoms with Crippen LogP contribution in [0.15, 0.2) is 15.9 Å². The van der Waals surface area contributed by atoms with Crippen molar-refractivity contribution in [1.29, 1.82) is 0 Å². The van der Waals surface area contributed by atoms with Gasteiger partial charge < -0.3 is 4.90 Å². The van der Waals surface area contributed by atoms with Gasteiger partial charge in [0.15, 0.2) is 0 Å². The van der Waals surface area contributed by atoms with Crippen molar-refractivity contribution >= 4 is 33.2 Å². The summed E-state index contributed by atoms with van der Waals surface area (Å²) < 4.78 is 1.12. The van der Waals surface area contributed by atoms with E-state index in [1.165, 1.54) is 4.88 Å². The summed E-state index contributed by atoms with van der Waals surface area (Å²) in [4.78, 5) is 15.2. The molecule has 1 aliphatic heterocycles. The van der Waals surface area contributed by atoms with E-state index >= 15 is 0 Å². The molecule has 1 aliphatic rings. The first-order valence-corrected chi connectivity index (χ1v) is 7.55. The predicted octanol–water partition coefficient (Wildman–Crippen LogP) is 3.91. The predicted molar refractivity (Wildman–Crippen MR) is 75.0 cm³/mol. The lowest BCUT2D eigenvalue weighted by Crippen LogP contribution is -2.27. The lowest BCUT2D eigenvalue weighted by atomic mass is 9.80. The van der Waals surface area contributed by atoms with Gasteiger partial charge >= 0.3 is 0 Å². The van der Waals surface area contributed by atoms with Crippen LogP contribution in [0.2, 0.25) is 0 Å². The summed E-state index contributed by atoms with van der Waals surface area (Å²) in [6.45, 7) is 8.30. The largest absolute Gasteiger partial charge is 0.337 e. The summed E-state index contributed by atoms with van der Waals surface area (Å²) in [5, 5.41) is 2.06. The lowest BCUT2D eigenvalue weighted by molar-refractivity contribution is -0.128. The van der Waals surface area contributed by atoms with E-state index < -0.39 is 0 Å². The highest BCUT2D eigenvalue weighted by atomic mass is 79.9. The fourth-order valence-corrected chi connectivity index (χ4v) is 3.61. The first kappa shape index (κ1) is 13.1. The number of amides is 1. The van der Waals surface area contributed by atoms with Crippen LogP contribution in [0.25, 0.3) is 0 Å². The Morgan fingerprint density at radius 1 is 1.53 bits per heavy atom. The first-order valence-electron chi connectivity index (χ1n) is 5.87. The quantitative estimate of drug-likeness (QED) is 0.810. The monoisotopic (exact) mass is 315 g/mol. The van der Waals surface area contributed by atoms with Gasteiger partial charge in [-0.2, -0.15) is 0 Å². The Morgan fingerprint density at radius 3 is 2.71 bits per heavy atom. The van der Waals surface area contributed by atoms with E-state index in [1.54, 1.807) is 11.3 Å². The van der Waals surface area contributed by atoms with Crippen molar-refractivity contribution in [2.45, 2.75) is 33.7 Å². The Kier molecular flexibility index (Phi) is 3.64. The van der Waals surface area contributed by atoms with Gasteiger partial charge in [-0.3, -0.25) is 4.79 Å². The van der Waals surface area contributed by atoms with Crippen LogP contribution in [-0.4, -0.2) is 17.4 Å². The van der Waals surface area contributed by atoms with Gasteiger partial charge in [0.2, 0.25) is 5.91 Å². The number of carbonyl (C=O) groups is 1. The minimum Gasteiger partial charge on any atom is -0.337 e. The number of carbonyl (C=O) groups excluding carboxylic acids is 1. The second-order valence-electron chi connectivity index (χ2n) is 5.73. The number of likely N-dealkylation sites (tertiary alicyclic amines) is 1. The van der Waals surface area contributed by atoms with E-state index in [0.717, 1.165) is 17.6 Å². The molecule has 0 radical (unpaired) electrons. The number of thiophene rings is 1. The minimum absolute atomic E-state index is 0.219. The van der Waals surface area contributed by atoms with E-state index in [1.807, 2.05) is 11.0 Å². The molecule has 2 nitrogen and oxygen atoms in total. The molecule has 0 saturated carbocycles. The Bertz CT molecular complexity index is 421. The molecule has 0 spiro atoms. The van der Waals surface area contributed by atoms with Crippen molar-refractivity contribution in [2.75, 3.05) is 6.54 Å². The second kappa shape index (κ2) is 4.73. The highest BCUT2D eigenvalue weighted by Gasteiger charge is 2.36. The molecule has 2 heterocycles. The number of hydrogen-bond acceptors (Lipinski definition) is 2. The molecule has 94 valence electrons. The summed E-state index contributed by atoms with van der Waals surface area (Å²) in [7, 11) is 0. The molecule has 1 aromatic rings. The summed E-state index contributed by atoms with van der Waals surface area (Å²) in [5.41, 5.74) is 0.219. The summed E-state index contributed by atoms with van der Waals surface area (Å²) in [6.07, 6.45) is 0.701. The van der Waals surface area contributed by atoms with Crippen molar-refractivity contribution in [3.8, 4) is 0 Å². The minimum atomic E-state index is 0.219. The van der Waals surface area contributed by atoms with Gasteiger partial charge in [0.25, 0.3) is 0 Å². The van der Waals surface area contributed by atoms with Gasteiger partial charge in [-0.25, -0.2) is 0 Å². The van der Waals surface area contributed by atoms with Crippen molar-refractivity contribution < 1.29 is 4.79 Å². The Balaban J connectivity index is 2.05. The van der Waals surface area contributed by atoms with Crippen LogP contribution in [-0.2, 0) is 11.3 Å². The normalized spacial score (nSPS) is 21.3. The Morgan fingerprint density at radius 2 is 2.24 bits per heavy atom. The van der Waals surface area contributed by atoms with E-state index in [4.69, 9.17) is 0 Å². The average molecular weight is 316 g/mol. The van der Waals surface area contributed by atoms with Crippen molar-refractivity contribution in [3.05, 3.63) is 20.8 Å². The molecule has 4 heteroatoms. The molecule has 2 rings (SSSR count). The van der Waals surface area contributed by atoms with Gasteiger partial charge in [-0.15, -0.1) is 11.3 Å². The van der Waals surface area contributed by atoms with Crippen LogP contribution in [0.5, 0.6) is 0 Å². The fourth-order valence-electron chi connectivity index (χ4n) is 2.12. The fraction of sp³-hybridized carbons (Fsp3) is 0.615. The van der Waals surface area contributed by atoms with E-state index in [9.17, 15) is 4.79 Å². The second-order valence-corrected chi connectivity index (χ2v) is 7.59. The average Bonchev–Trinajstić information content (AvgIpc) is 2.75. The molecule has 0 aromatic carbocycles. The zero-order valence-electron chi connectivity index (χ0n) is 10.5. The third kappa shape index (κ3) is 2.91. The first-order chi connectivity index (χ1) is 7.88. The molecular weight excluding hydrogens is 298 g/mol. The zero-order valence-corrected chi connectivity index (χ0v) is 12.9. The highest BCUT2D eigenvalue weighted by Crippen LogP contribution is 2.35. The zero-order chi connectivity index (χ0) is 12.6. The summed E-state index contributed by atoms with van der Waals surface area (Å²) in [6, 6.07) is 2.04. The summed E-state index contributed by atoms with van der Waals surface area (Å²) >= 11 is 5.23. The van der Waals surface area contributed by atoms with Gasteiger partial charge in [-0.1, -0.05) is 20.8 Å². The van der Waals surface area contributed by atoms with Crippen LogP contribution in [0.1, 0.15) is 32.1 Å². The maximum absolute atomic E-state index is 12.0. The van der Waals surface area contributed by atoms with Crippen molar-refractivity contribution in [1.82, 2.24) is 4.90 Å². The Hall–Kier alpha value is -0.350. The van der Waals surface area contributed by atoms with E-state index in [0.29, 0.717) is 18.2 Å². The molecule has 0 N–H and O–H groups in total. The molecule has 0 aliphatic carbocycles. The molecule has 1 atom stereocenters. The highest BCUT2D eigenvalue weighted by molar-refractivity contribution is 9.10. The number of nitrogens with zero attached hydrogens (tertiary/aromatic N) is 1. The SMILES string of the molecule is CC(C)(C)C1CC(=O)N(Cc2sccc2Br)C1. The van der Waals surface area contributed by atoms with Gasteiger partial charge in [0.1, 0.15) is 0 Å². The topological polar surface area (TPSA) is 20.3 Å². The van der Waals surface area contributed by atoms with Gasteiger partial charge in [0, 0.05) is 22.3 Å². The molecule has 1 unspecified atom stereocenters. The van der Waals surface area contributed by atoms with Crippen molar-refractivity contribution in [3.63, 3.8) is 0 Å². The van der Waals surface area contributed by atoms with Crippen LogP contribution in [0.3, 0.4) is 0 Å². The molecule has 1 aromatic heterocycles. The molecule has 0 bridgehead atoms. The van der Waals surface area contributed by atoms with Gasteiger partial charge in [0.05, 0.1) is 6.54 Å². The molecular formula is C13H18BrNOS. The van der Waals surface area contributed by atoms with Crippen LogP contribution < -0.4 is 0 Å². The molecule has 17 heavy (non-hydrogen) atoms. The van der Waals surface area contributed by atoms with Crippen LogP contribution in [0.4, 0.5) is 0 Å². The van der Waals surface area contributed by atoms with Crippen LogP contribution >= 0.6 is 27.3 Å². The number of hydrogen-bond donors (Lipinski definition) is 0. The lowest BCUT2D eigenvalue weighted by Gasteiger charge is -2.26. The number of rotatable bonds is 2. The van der Waals surface area contributed by atoms with Gasteiger partial charge in [-0.05, 0) is 38.7 Å². The summed E-state index contributed by atoms with van der Waals surface area (Å²) in [5.74, 6) is 0.777. The third-order valence-electron chi connectivity index (χ3n) is 3.46. The molecule has 1 saturated heterocycles. The van der Waals surface area contributed by atoms with E-state index in [2.05, 4.69) is 42.1 Å². The van der Waals surface area contributed by atoms with E-state index in [-0.39, 0.29) is 5.41 Å². The standard InChI is InChI=1S/C13H18BrNOS/c1-13(2,3)9-6-12(16)15(7-9)8-11-10(14)4-5-17-11/h4-5,9H,6-8H2,1-3H3. The van der Waals surface area contributed by atoms with Crippen LogP contribution in [0, 0.1) is 11.3 Å². The Labute approximate surface area is 115 Å². The molecule has 1 fully saturated rings. The van der Waals surface area contributed by atoms with Crippen molar-refractivity contribution in [2.24, 2.45) is 11.3 Å². The molecule has 1 amide bonds. The number of halogens is 1. The third-order valence-corrected chi connectivity index (χ3v) is 5.38.